The summed E-state index contributed by atoms with van der Waals surface area (Å²) < 4.78 is 11.8. The standard InChI is InChI=1S/C18H13BrO5/c1-10(18(21)22)23-12-6-7-13-15(9-12)24-16(17(13)20)8-11-4-2-3-5-14(11)19/h2-10H,1H3,(H,21,22)/t10-/m0/s1. The summed E-state index contributed by atoms with van der Waals surface area (Å²) in [6, 6.07) is 12.1. The van der Waals surface area contributed by atoms with Crippen molar-refractivity contribution in [1.82, 2.24) is 0 Å². The van der Waals surface area contributed by atoms with Crippen molar-refractivity contribution in [2.24, 2.45) is 0 Å². The minimum Gasteiger partial charge on any atom is -0.479 e. The number of hydrogen-bond acceptors (Lipinski definition) is 4. The van der Waals surface area contributed by atoms with Crippen molar-refractivity contribution >= 4 is 33.8 Å². The van der Waals surface area contributed by atoms with Gasteiger partial charge < -0.3 is 14.6 Å². The Bertz CT molecular complexity index is 856. The van der Waals surface area contributed by atoms with Gasteiger partial charge in [-0.05, 0) is 36.8 Å². The molecule has 6 heteroatoms. The van der Waals surface area contributed by atoms with Crippen molar-refractivity contribution < 1.29 is 24.2 Å². The summed E-state index contributed by atoms with van der Waals surface area (Å²) in [5.74, 6) is -0.395. The lowest BCUT2D eigenvalue weighted by molar-refractivity contribution is -0.144. The van der Waals surface area contributed by atoms with Gasteiger partial charge in [0, 0.05) is 10.5 Å². The lowest BCUT2D eigenvalue weighted by Crippen LogP contribution is -2.22. The van der Waals surface area contributed by atoms with Crippen LogP contribution in [0.5, 0.6) is 11.5 Å². The second-order valence-corrected chi connectivity index (χ2v) is 6.07. The van der Waals surface area contributed by atoms with E-state index >= 15 is 0 Å². The first-order valence-corrected chi connectivity index (χ1v) is 7.97. The van der Waals surface area contributed by atoms with Crippen LogP contribution in [0.25, 0.3) is 6.08 Å². The molecule has 0 bridgehead atoms. The number of fused-ring (bicyclic) bond motifs is 1. The zero-order chi connectivity index (χ0) is 17.3. The number of allylic oxidation sites excluding steroid dienone is 1. The number of halogens is 1. The lowest BCUT2D eigenvalue weighted by Gasteiger charge is -2.10. The van der Waals surface area contributed by atoms with E-state index in [1.807, 2.05) is 24.3 Å². The molecule has 5 nitrogen and oxygen atoms in total. The summed E-state index contributed by atoms with van der Waals surface area (Å²) in [6.45, 7) is 1.43. The second-order valence-electron chi connectivity index (χ2n) is 5.22. The van der Waals surface area contributed by atoms with Gasteiger partial charge in [-0.15, -0.1) is 0 Å². The number of Topliss-reactive ketones (excluding diaryl/α,β-unsaturated/α-hetero) is 1. The third kappa shape index (κ3) is 3.19. The molecule has 0 amide bonds. The molecule has 2 aromatic carbocycles. The van der Waals surface area contributed by atoms with Crippen LogP contribution in [0.1, 0.15) is 22.8 Å². The Morgan fingerprint density at radius 2 is 2.04 bits per heavy atom. The Kier molecular flexibility index (Phi) is 4.40. The zero-order valence-electron chi connectivity index (χ0n) is 12.7. The molecule has 0 fully saturated rings. The number of ether oxygens (including phenoxy) is 2. The molecule has 122 valence electrons. The summed E-state index contributed by atoms with van der Waals surface area (Å²) in [5.41, 5.74) is 1.24. The predicted octanol–water partition coefficient (Wildman–Crippen LogP) is 3.92. The molecule has 0 aromatic heterocycles. The van der Waals surface area contributed by atoms with Crippen LogP contribution in [0.15, 0.2) is 52.7 Å². The summed E-state index contributed by atoms with van der Waals surface area (Å²) in [6.07, 6.45) is 0.669. The largest absolute Gasteiger partial charge is 0.479 e. The number of carboxylic acids is 1. The maximum atomic E-state index is 12.4. The predicted molar refractivity (Wildman–Crippen MR) is 91.2 cm³/mol. The highest BCUT2D eigenvalue weighted by atomic mass is 79.9. The first-order valence-electron chi connectivity index (χ1n) is 7.18. The fourth-order valence-corrected chi connectivity index (χ4v) is 2.63. The fraction of sp³-hybridized carbons (Fsp3) is 0.111. The van der Waals surface area contributed by atoms with Gasteiger partial charge in [-0.25, -0.2) is 4.79 Å². The van der Waals surface area contributed by atoms with E-state index in [1.165, 1.54) is 13.0 Å². The van der Waals surface area contributed by atoms with Crippen molar-refractivity contribution in [3.05, 3.63) is 63.8 Å². The molecule has 1 heterocycles. The molecule has 1 aliphatic rings. The highest BCUT2D eigenvalue weighted by Gasteiger charge is 2.28. The summed E-state index contributed by atoms with van der Waals surface area (Å²) in [7, 11) is 0. The molecule has 0 aliphatic carbocycles. The molecule has 3 rings (SSSR count). The van der Waals surface area contributed by atoms with Crippen molar-refractivity contribution in [1.29, 1.82) is 0 Å². The van der Waals surface area contributed by atoms with Crippen molar-refractivity contribution in [3.8, 4) is 11.5 Å². The molecule has 1 atom stereocenters. The van der Waals surface area contributed by atoms with Crippen LogP contribution in [0.3, 0.4) is 0 Å². The summed E-state index contributed by atoms with van der Waals surface area (Å²) in [5, 5.41) is 8.89. The van der Waals surface area contributed by atoms with Gasteiger partial charge in [0.2, 0.25) is 5.78 Å². The maximum Gasteiger partial charge on any atom is 0.344 e. The average Bonchev–Trinajstić information content (AvgIpc) is 2.85. The van der Waals surface area contributed by atoms with Gasteiger partial charge in [0.25, 0.3) is 0 Å². The van der Waals surface area contributed by atoms with Gasteiger partial charge in [-0.3, -0.25) is 4.79 Å². The number of carbonyl (C=O) groups excluding carboxylic acids is 1. The Labute approximate surface area is 146 Å². The number of aliphatic carboxylic acids is 1. The van der Waals surface area contributed by atoms with E-state index in [-0.39, 0.29) is 11.5 Å². The van der Waals surface area contributed by atoms with Gasteiger partial charge in [0.05, 0.1) is 5.56 Å². The third-order valence-corrected chi connectivity index (χ3v) is 4.22. The zero-order valence-corrected chi connectivity index (χ0v) is 14.2. The van der Waals surface area contributed by atoms with E-state index in [9.17, 15) is 9.59 Å². The van der Waals surface area contributed by atoms with Gasteiger partial charge in [-0.2, -0.15) is 0 Å². The molecule has 1 N–H and O–H groups in total. The Morgan fingerprint density at radius 3 is 2.75 bits per heavy atom. The molecule has 0 saturated carbocycles. The van der Waals surface area contributed by atoms with E-state index < -0.39 is 12.1 Å². The molecule has 0 spiro atoms. The van der Waals surface area contributed by atoms with Crippen molar-refractivity contribution in [2.45, 2.75) is 13.0 Å². The van der Waals surface area contributed by atoms with Crippen LogP contribution >= 0.6 is 15.9 Å². The molecule has 0 unspecified atom stereocenters. The lowest BCUT2D eigenvalue weighted by atomic mass is 10.1. The van der Waals surface area contributed by atoms with E-state index in [2.05, 4.69) is 15.9 Å². The van der Waals surface area contributed by atoms with Crippen LogP contribution in [-0.2, 0) is 4.79 Å². The average molecular weight is 389 g/mol. The smallest absolute Gasteiger partial charge is 0.344 e. The summed E-state index contributed by atoms with van der Waals surface area (Å²) >= 11 is 3.42. The normalized spacial score (nSPS) is 15.8. The first kappa shape index (κ1) is 16.3. The number of carboxylic acid groups (broad SMARTS) is 1. The number of rotatable bonds is 4. The van der Waals surface area contributed by atoms with Crippen molar-refractivity contribution in [3.63, 3.8) is 0 Å². The Balaban J connectivity index is 1.88. The van der Waals surface area contributed by atoms with E-state index in [1.54, 1.807) is 18.2 Å². The van der Waals surface area contributed by atoms with E-state index in [4.69, 9.17) is 14.6 Å². The monoisotopic (exact) mass is 388 g/mol. The minimum absolute atomic E-state index is 0.209. The van der Waals surface area contributed by atoms with Crippen LogP contribution in [0.2, 0.25) is 0 Å². The maximum absolute atomic E-state index is 12.4. The van der Waals surface area contributed by atoms with Gasteiger partial charge >= 0.3 is 5.97 Å². The first-order chi connectivity index (χ1) is 11.5. The van der Waals surface area contributed by atoms with Crippen LogP contribution < -0.4 is 9.47 Å². The molecule has 1 aliphatic heterocycles. The number of carbonyl (C=O) groups is 2. The number of ketones is 1. The van der Waals surface area contributed by atoms with E-state index in [0.717, 1.165) is 10.0 Å². The Hall–Kier alpha value is -2.60. The minimum atomic E-state index is -1.07. The van der Waals surface area contributed by atoms with Crippen LogP contribution in [0, 0.1) is 0 Å². The van der Waals surface area contributed by atoms with Crippen molar-refractivity contribution in [2.75, 3.05) is 0 Å². The number of benzene rings is 2. The molecule has 24 heavy (non-hydrogen) atoms. The Morgan fingerprint density at radius 1 is 1.29 bits per heavy atom. The fourth-order valence-electron chi connectivity index (χ4n) is 2.23. The molecular weight excluding hydrogens is 376 g/mol. The van der Waals surface area contributed by atoms with Gasteiger partial charge in [0.15, 0.2) is 11.9 Å². The van der Waals surface area contributed by atoms with E-state index in [0.29, 0.717) is 17.1 Å². The van der Waals surface area contributed by atoms with Gasteiger partial charge in [0.1, 0.15) is 11.5 Å². The molecule has 2 aromatic rings. The van der Waals surface area contributed by atoms with Crippen LogP contribution in [0.4, 0.5) is 0 Å². The highest BCUT2D eigenvalue weighted by Crippen LogP contribution is 2.35. The third-order valence-electron chi connectivity index (χ3n) is 3.49. The van der Waals surface area contributed by atoms with Crippen LogP contribution in [-0.4, -0.2) is 23.0 Å². The SMILES string of the molecule is C[C@H](Oc1ccc2c(c1)OC(=Cc1ccccc1Br)C2=O)C(=O)O. The van der Waals surface area contributed by atoms with Gasteiger partial charge in [-0.1, -0.05) is 34.1 Å². The quantitative estimate of drug-likeness (QED) is 0.803. The molecule has 0 radical (unpaired) electrons. The second kappa shape index (κ2) is 6.49. The summed E-state index contributed by atoms with van der Waals surface area (Å²) in [4.78, 5) is 23.3. The molecular formula is C18H13BrO5. The number of hydrogen-bond donors (Lipinski definition) is 1. The highest BCUT2D eigenvalue weighted by molar-refractivity contribution is 9.10. The topological polar surface area (TPSA) is 72.8 Å². The molecule has 0 saturated heterocycles.